The molecule has 2 atom stereocenters. The number of aryl methyl sites for hydroxylation is 1. The van der Waals surface area contributed by atoms with E-state index in [-0.39, 0.29) is 28.3 Å². The van der Waals surface area contributed by atoms with Crippen molar-refractivity contribution in [3.05, 3.63) is 63.7 Å². The number of anilines is 1. The number of nitrogens with one attached hydrogen (secondary N) is 1. The summed E-state index contributed by atoms with van der Waals surface area (Å²) in [5.74, 6) is 0.125. The molecule has 1 aliphatic rings. The lowest BCUT2D eigenvalue weighted by molar-refractivity contribution is -0.385. The minimum Gasteiger partial charge on any atom is -0.384 e. The Morgan fingerprint density at radius 3 is 2.61 bits per heavy atom. The van der Waals surface area contributed by atoms with Gasteiger partial charge >= 0.3 is 0 Å². The standard InChI is InChI=1S/C19H23N3O5S/c1-13-4-6-14(7-5-13)19-15(3-2-10-27-19)12-21-17-9-8-16(22(23)24)11-18(17)28(20,25)26/h4-9,11,15,19,21H,2-3,10,12H2,1H3,(H2,20,25,26). The van der Waals surface area contributed by atoms with Crippen LogP contribution in [0.3, 0.4) is 0 Å². The predicted molar refractivity (Wildman–Crippen MR) is 106 cm³/mol. The number of benzene rings is 2. The first-order valence-corrected chi connectivity index (χ1v) is 10.5. The second kappa shape index (κ2) is 8.26. The molecule has 3 N–H and O–H groups in total. The van der Waals surface area contributed by atoms with Crippen LogP contribution in [0.1, 0.15) is 30.1 Å². The molecule has 150 valence electrons. The Kier molecular flexibility index (Phi) is 5.97. The van der Waals surface area contributed by atoms with Crippen molar-refractivity contribution in [2.24, 2.45) is 11.1 Å². The van der Waals surface area contributed by atoms with Crippen molar-refractivity contribution in [2.45, 2.75) is 30.8 Å². The molecule has 2 unspecified atom stereocenters. The number of nitrogens with zero attached hydrogens (tertiary/aromatic N) is 1. The van der Waals surface area contributed by atoms with Crippen molar-refractivity contribution < 1.29 is 18.1 Å². The number of rotatable bonds is 6. The molecular weight excluding hydrogens is 382 g/mol. The predicted octanol–water partition coefficient (Wildman–Crippen LogP) is 3.13. The Labute approximate surface area is 163 Å². The molecule has 3 rings (SSSR count). The van der Waals surface area contributed by atoms with E-state index < -0.39 is 14.9 Å². The van der Waals surface area contributed by atoms with Gasteiger partial charge in [-0.1, -0.05) is 29.8 Å². The third-order valence-corrected chi connectivity index (χ3v) is 5.84. The van der Waals surface area contributed by atoms with Crippen LogP contribution in [0.25, 0.3) is 0 Å². The molecule has 0 aliphatic carbocycles. The Morgan fingerprint density at radius 2 is 1.96 bits per heavy atom. The lowest BCUT2D eigenvalue weighted by Gasteiger charge is -2.32. The van der Waals surface area contributed by atoms with E-state index in [1.165, 1.54) is 12.1 Å². The second-order valence-electron chi connectivity index (χ2n) is 6.97. The zero-order valence-electron chi connectivity index (χ0n) is 15.5. The molecule has 9 heteroatoms. The van der Waals surface area contributed by atoms with E-state index in [1.807, 2.05) is 31.2 Å². The summed E-state index contributed by atoms with van der Waals surface area (Å²) >= 11 is 0. The number of hydrogen-bond donors (Lipinski definition) is 2. The topological polar surface area (TPSA) is 125 Å². The Bertz CT molecular complexity index is 960. The van der Waals surface area contributed by atoms with Crippen LogP contribution in [0.4, 0.5) is 11.4 Å². The van der Waals surface area contributed by atoms with Crippen molar-refractivity contribution in [3.63, 3.8) is 0 Å². The van der Waals surface area contributed by atoms with Crippen LogP contribution in [0.5, 0.6) is 0 Å². The van der Waals surface area contributed by atoms with Crippen LogP contribution in [0, 0.1) is 23.0 Å². The van der Waals surface area contributed by atoms with E-state index in [4.69, 9.17) is 9.88 Å². The molecule has 0 amide bonds. The van der Waals surface area contributed by atoms with Gasteiger partial charge in [0, 0.05) is 31.2 Å². The Hall–Kier alpha value is -2.49. The van der Waals surface area contributed by atoms with Crippen LogP contribution in [-0.4, -0.2) is 26.5 Å². The number of primary sulfonamides is 1. The minimum atomic E-state index is -4.11. The zero-order chi connectivity index (χ0) is 20.3. The maximum Gasteiger partial charge on any atom is 0.270 e. The molecule has 1 heterocycles. The summed E-state index contributed by atoms with van der Waals surface area (Å²) in [5, 5.41) is 19.3. The minimum absolute atomic E-state index is 0.0992. The largest absolute Gasteiger partial charge is 0.384 e. The highest BCUT2D eigenvalue weighted by Gasteiger charge is 2.28. The fourth-order valence-electron chi connectivity index (χ4n) is 3.42. The van der Waals surface area contributed by atoms with E-state index in [0.717, 1.165) is 30.0 Å². The number of hydrogen-bond acceptors (Lipinski definition) is 6. The van der Waals surface area contributed by atoms with Crippen molar-refractivity contribution >= 4 is 21.4 Å². The lowest BCUT2D eigenvalue weighted by Crippen LogP contribution is -2.29. The van der Waals surface area contributed by atoms with E-state index in [9.17, 15) is 18.5 Å². The molecule has 0 spiro atoms. The van der Waals surface area contributed by atoms with Gasteiger partial charge in [-0.05, 0) is 31.4 Å². The van der Waals surface area contributed by atoms with Gasteiger partial charge in [0.2, 0.25) is 10.0 Å². The molecule has 0 radical (unpaired) electrons. The monoisotopic (exact) mass is 405 g/mol. The molecule has 8 nitrogen and oxygen atoms in total. The molecule has 0 bridgehead atoms. The van der Waals surface area contributed by atoms with Gasteiger partial charge in [0.15, 0.2) is 0 Å². The van der Waals surface area contributed by atoms with Crippen molar-refractivity contribution in [2.75, 3.05) is 18.5 Å². The first-order chi connectivity index (χ1) is 13.3. The summed E-state index contributed by atoms with van der Waals surface area (Å²) in [6.45, 7) is 3.15. The van der Waals surface area contributed by atoms with Gasteiger partial charge in [-0.2, -0.15) is 0 Å². The quantitative estimate of drug-likeness (QED) is 0.562. The third kappa shape index (κ3) is 4.67. The molecule has 2 aromatic carbocycles. The Balaban J connectivity index is 1.81. The molecule has 0 saturated carbocycles. The third-order valence-electron chi connectivity index (χ3n) is 4.89. The molecule has 1 saturated heterocycles. The summed E-state index contributed by atoms with van der Waals surface area (Å²) in [7, 11) is -4.11. The van der Waals surface area contributed by atoms with Crippen molar-refractivity contribution in [1.82, 2.24) is 0 Å². The van der Waals surface area contributed by atoms with Gasteiger partial charge in [-0.3, -0.25) is 10.1 Å². The first kappa shape index (κ1) is 20.2. The van der Waals surface area contributed by atoms with E-state index >= 15 is 0 Å². The van der Waals surface area contributed by atoms with E-state index in [2.05, 4.69) is 5.32 Å². The zero-order valence-corrected chi connectivity index (χ0v) is 16.3. The highest BCUT2D eigenvalue weighted by Crippen LogP contribution is 2.34. The smallest absolute Gasteiger partial charge is 0.270 e. The van der Waals surface area contributed by atoms with Crippen LogP contribution < -0.4 is 10.5 Å². The van der Waals surface area contributed by atoms with Crippen LogP contribution in [-0.2, 0) is 14.8 Å². The van der Waals surface area contributed by atoms with Gasteiger partial charge in [-0.15, -0.1) is 0 Å². The second-order valence-corrected chi connectivity index (χ2v) is 8.50. The molecule has 0 aromatic heterocycles. The number of non-ortho nitro benzene ring substituents is 1. The summed E-state index contributed by atoms with van der Waals surface area (Å²) in [6.07, 6.45) is 1.73. The normalized spacial score (nSPS) is 19.9. The summed E-state index contributed by atoms with van der Waals surface area (Å²) in [6, 6.07) is 11.8. The number of nitro groups is 1. The SMILES string of the molecule is Cc1ccc(C2OCCCC2CNc2ccc([N+](=O)[O-])cc2S(N)(=O)=O)cc1. The van der Waals surface area contributed by atoms with E-state index in [1.54, 1.807) is 0 Å². The van der Waals surface area contributed by atoms with Gasteiger partial charge in [0.25, 0.3) is 5.69 Å². The maximum atomic E-state index is 11.9. The highest BCUT2D eigenvalue weighted by atomic mass is 32.2. The fraction of sp³-hybridized carbons (Fsp3) is 0.368. The summed E-state index contributed by atoms with van der Waals surface area (Å²) in [5.41, 5.74) is 2.17. The number of nitrogens with two attached hydrogens (primary N) is 1. The van der Waals surface area contributed by atoms with Crippen molar-refractivity contribution in [3.8, 4) is 0 Å². The van der Waals surface area contributed by atoms with Gasteiger partial charge in [0.05, 0.1) is 16.7 Å². The van der Waals surface area contributed by atoms with Gasteiger partial charge in [0.1, 0.15) is 4.90 Å². The number of nitro benzene ring substituents is 1. The molecular formula is C19H23N3O5S. The maximum absolute atomic E-state index is 11.9. The molecule has 1 aliphatic heterocycles. The molecule has 1 fully saturated rings. The average molecular weight is 405 g/mol. The first-order valence-electron chi connectivity index (χ1n) is 8.99. The average Bonchev–Trinajstić information content (AvgIpc) is 2.66. The van der Waals surface area contributed by atoms with Crippen LogP contribution in [0.15, 0.2) is 47.4 Å². The van der Waals surface area contributed by atoms with Crippen LogP contribution in [0.2, 0.25) is 0 Å². The van der Waals surface area contributed by atoms with Gasteiger partial charge in [-0.25, -0.2) is 13.6 Å². The molecule has 2 aromatic rings. The number of sulfonamides is 1. The molecule has 28 heavy (non-hydrogen) atoms. The summed E-state index contributed by atoms with van der Waals surface area (Å²) in [4.78, 5) is 10.0. The van der Waals surface area contributed by atoms with Crippen LogP contribution >= 0.6 is 0 Å². The van der Waals surface area contributed by atoms with Gasteiger partial charge < -0.3 is 10.1 Å². The summed E-state index contributed by atoms with van der Waals surface area (Å²) < 4.78 is 29.8. The van der Waals surface area contributed by atoms with E-state index in [0.29, 0.717) is 13.2 Å². The lowest BCUT2D eigenvalue weighted by atomic mass is 9.89. The fourth-order valence-corrected chi connectivity index (χ4v) is 4.16. The number of ether oxygens (including phenoxy) is 1. The van der Waals surface area contributed by atoms with Crippen molar-refractivity contribution in [1.29, 1.82) is 0 Å². The Morgan fingerprint density at radius 1 is 1.25 bits per heavy atom. The highest BCUT2D eigenvalue weighted by molar-refractivity contribution is 7.89.